The molecule has 0 aliphatic carbocycles. The van der Waals surface area contributed by atoms with Crippen LogP contribution in [0.15, 0.2) is 22.7 Å². The van der Waals surface area contributed by atoms with Crippen molar-refractivity contribution in [1.29, 1.82) is 0 Å². The fourth-order valence-electron chi connectivity index (χ4n) is 1.91. The number of rotatable bonds is 2. The van der Waals surface area contributed by atoms with E-state index in [-0.39, 0.29) is 17.5 Å². The van der Waals surface area contributed by atoms with E-state index in [0.717, 1.165) is 0 Å². The maximum absolute atomic E-state index is 13.5. The summed E-state index contributed by atoms with van der Waals surface area (Å²) in [7, 11) is 0. The van der Waals surface area contributed by atoms with Gasteiger partial charge in [0.1, 0.15) is 18.1 Å². The number of imidazole rings is 1. The summed E-state index contributed by atoms with van der Waals surface area (Å²) in [5, 5.41) is 0.0177. The number of oxazole rings is 1. The number of fused-ring (bicyclic) bond motifs is 1. The lowest BCUT2D eigenvalue weighted by Crippen LogP contribution is -2.04. The van der Waals surface area contributed by atoms with Gasteiger partial charge in [-0.15, -0.1) is 0 Å². The molecule has 5 nitrogen and oxygen atoms in total. The summed E-state index contributed by atoms with van der Waals surface area (Å²) in [6, 6.07) is 2.75. The second kappa shape index (κ2) is 4.24. The van der Waals surface area contributed by atoms with Crippen LogP contribution >= 0.6 is 11.6 Å². The molecule has 2 heterocycles. The summed E-state index contributed by atoms with van der Waals surface area (Å²) in [4.78, 5) is 8.23. The van der Waals surface area contributed by atoms with Gasteiger partial charge in [0.25, 0.3) is 0 Å². The lowest BCUT2D eigenvalue weighted by atomic mass is 10.3. The smallest absolute Gasteiger partial charge is 0.214 e. The number of anilines is 1. The molecule has 0 atom stereocenters. The van der Waals surface area contributed by atoms with Gasteiger partial charge in [0, 0.05) is 6.07 Å². The predicted octanol–water partition coefficient (Wildman–Crippen LogP) is 2.76. The molecule has 98 valence electrons. The molecule has 0 radical (unpaired) electrons. The minimum Gasteiger partial charge on any atom is -0.444 e. The molecule has 0 fully saturated rings. The molecule has 0 unspecified atom stereocenters. The standard InChI is InChI=1S/C12H10ClFN4O/c1-6-4-16-11(19-6)5-18-10-3-8(14)7(13)2-9(10)17-12(18)15/h2-4H,5H2,1H3,(H2,15,17). The van der Waals surface area contributed by atoms with Crippen molar-refractivity contribution in [3.63, 3.8) is 0 Å². The first-order valence-corrected chi connectivity index (χ1v) is 5.94. The van der Waals surface area contributed by atoms with Crippen LogP contribution in [0.3, 0.4) is 0 Å². The highest BCUT2D eigenvalue weighted by molar-refractivity contribution is 6.31. The SMILES string of the molecule is Cc1cnc(Cn2c(N)nc3cc(Cl)c(F)cc32)o1. The third-order valence-electron chi connectivity index (χ3n) is 2.78. The number of benzene rings is 1. The second-order valence-electron chi connectivity index (χ2n) is 4.18. The molecule has 0 saturated carbocycles. The van der Waals surface area contributed by atoms with E-state index in [0.29, 0.717) is 22.7 Å². The van der Waals surface area contributed by atoms with Gasteiger partial charge in [-0.2, -0.15) is 0 Å². The Labute approximate surface area is 112 Å². The van der Waals surface area contributed by atoms with Gasteiger partial charge >= 0.3 is 0 Å². The quantitative estimate of drug-likeness (QED) is 0.783. The van der Waals surface area contributed by atoms with Gasteiger partial charge in [0.05, 0.1) is 22.3 Å². The molecule has 0 aliphatic rings. The number of aromatic nitrogens is 3. The van der Waals surface area contributed by atoms with Crippen LogP contribution in [0.5, 0.6) is 0 Å². The van der Waals surface area contributed by atoms with Gasteiger partial charge in [0.2, 0.25) is 11.8 Å². The van der Waals surface area contributed by atoms with E-state index >= 15 is 0 Å². The van der Waals surface area contributed by atoms with Crippen molar-refractivity contribution in [3.05, 3.63) is 40.8 Å². The Morgan fingerprint density at radius 2 is 2.26 bits per heavy atom. The zero-order valence-electron chi connectivity index (χ0n) is 10.0. The van der Waals surface area contributed by atoms with E-state index in [1.54, 1.807) is 17.7 Å². The average molecular weight is 281 g/mol. The molecule has 7 heteroatoms. The highest BCUT2D eigenvalue weighted by Gasteiger charge is 2.13. The number of nitrogens with zero attached hydrogens (tertiary/aromatic N) is 3. The topological polar surface area (TPSA) is 69.9 Å². The Kier molecular flexibility index (Phi) is 2.67. The summed E-state index contributed by atoms with van der Waals surface area (Å²) < 4.78 is 20.5. The molecule has 0 spiro atoms. The van der Waals surface area contributed by atoms with Crippen LogP contribution < -0.4 is 5.73 Å². The van der Waals surface area contributed by atoms with Crippen molar-refractivity contribution in [2.75, 3.05) is 5.73 Å². The lowest BCUT2D eigenvalue weighted by Gasteiger charge is -2.03. The molecule has 0 saturated heterocycles. The van der Waals surface area contributed by atoms with Crippen molar-refractivity contribution in [2.45, 2.75) is 13.5 Å². The van der Waals surface area contributed by atoms with Gasteiger partial charge < -0.3 is 14.7 Å². The van der Waals surface area contributed by atoms with Crippen LogP contribution in [0.1, 0.15) is 11.7 Å². The lowest BCUT2D eigenvalue weighted by molar-refractivity contribution is 0.460. The third kappa shape index (κ3) is 2.04. The Balaban J connectivity index is 2.12. The first kappa shape index (κ1) is 12.0. The highest BCUT2D eigenvalue weighted by atomic mass is 35.5. The van der Waals surface area contributed by atoms with E-state index in [1.807, 2.05) is 0 Å². The van der Waals surface area contributed by atoms with E-state index < -0.39 is 5.82 Å². The van der Waals surface area contributed by atoms with Crippen molar-refractivity contribution in [3.8, 4) is 0 Å². The number of aryl methyl sites for hydroxylation is 1. The molecule has 0 amide bonds. The number of hydrogen-bond donors (Lipinski definition) is 1. The molecule has 19 heavy (non-hydrogen) atoms. The van der Waals surface area contributed by atoms with Crippen LogP contribution in [-0.4, -0.2) is 14.5 Å². The van der Waals surface area contributed by atoms with Crippen LogP contribution in [0.2, 0.25) is 5.02 Å². The predicted molar refractivity (Wildman–Crippen MR) is 69.5 cm³/mol. The fourth-order valence-corrected chi connectivity index (χ4v) is 2.07. The Bertz CT molecular complexity index is 765. The van der Waals surface area contributed by atoms with E-state index in [9.17, 15) is 4.39 Å². The van der Waals surface area contributed by atoms with Gasteiger partial charge in [-0.05, 0) is 13.0 Å². The molecular weight excluding hydrogens is 271 g/mol. The fraction of sp³-hybridized carbons (Fsp3) is 0.167. The third-order valence-corrected chi connectivity index (χ3v) is 3.07. The van der Waals surface area contributed by atoms with E-state index in [2.05, 4.69) is 9.97 Å². The summed E-state index contributed by atoms with van der Waals surface area (Å²) in [6.45, 7) is 2.09. The molecular formula is C12H10ClFN4O. The van der Waals surface area contributed by atoms with Gasteiger partial charge in [-0.3, -0.25) is 0 Å². The Morgan fingerprint density at radius 3 is 2.95 bits per heavy atom. The normalized spacial score (nSPS) is 11.3. The first-order valence-electron chi connectivity index (χ1n) is 5.56. The molecule has 1 aromatic carbocycles. The first-order chi connectivity index (χ1) is 9.04. The number of hydrogen-bond acceptors (Lipinski definition) is 4. The maximum Gasteiger partial charge on any atom is 0.214 e. The van der Waals surface area contributed by atoms with Gasteiger partial charge in [-0.1, -0.05) is 11.6 Å². The minimum atomic E-state index is -0.515. The summed E-state index contributed by atoms with van der Waals surface area (Å²) >= 11 is 5.72. The van der Waals surface area contributed by atoms with Gasteiger partial charge in [0.15, 0.2) is 0 Å². The van der Waals surface area contributed by atoms with Crippen molar-refractivity contribution >= 4 is 28.6 Å². The van der Waals surface area contributed by atoms with Crippen LogP contribution in [0.4, 0.5) is 10.3 Å². The van der Waals surface area contributed by atoms with E-state index in [4.69, 9.17) is 21.8 Å². The second-order valence-corrected chi connectivity index (χ2v) is 4.58. The zero-order chi connectivity index (χ0) is 13.6. The van der Waals surface area contributed by atoms with Crippen LogP contribution in [0.25, 0.3) is 11.0 Å². The number of halogens is 2. The molecule has 2 aromatic heterocycles. The summed E-state index contributed by atoms with van der Waals surface area (Å²) in [5.74, 6) is 0.928. The van der Waals surface area contributed by atoms with E-state index in [1.165, 1.54) is 12.1 Å². The van der Waals surface area contributed by atoms with Crippen LogP contribution in [0, 0.1) is 12.7 Å². The Hall–Kier alpha value is -2.08. The van der Waals surface area contributed by atoms with Crippen molar-refractivity contribution < 1.29 is 8.81 Å². The highest BCUT2D eigenvalue weighted by Crippen LogP contribution is 2.25. The molecule has 3 rings (SSSR count). The van der Waals surface area contributed by atoms with Crippen molar-refractivity contribution in [1.82, 2.24) is 14.5 Å². The largest absolute Gasteiger partial charge is 0.444 e. The molecule has 3 aromatic rings. The number of nitrogen functional groups attached to an aromatic ring is 1. The molecule has 0 aliphatic heterocycles. The molecule has 2 N–H and O–H groups in total. The van der Waals surface area contributed by atoms with Crippen molar-refractivity contribution in [2.24, 2.45) is 0 Å². The van der Waals surface area contributed by atoms with Gasteiger partial charge in [-0.25, -0.2) is 14.4 Å². The number of nitrogens with two attached hydrogens (primary N) is 1. The van der Waals surface area contributed by atoms with Crippen LogP contribution in [-0.2, 0) is 6.54 Å². The minimum absolute atomic E-state index is 0.0177. The zero-order valence-corrected chi connectivity index (χ0v) is 10.8. The maximum atomic E-state index is 13.5. The Morgan fingerprint density at radius 1 is 1.47 bits per heavy atom. The summed E-state index contributed by atoms with van der Waals surface area (Å²) in [6.07, 6.45) is 1.61. The molecule has 0 bridgehead atoms. The summed E-state index contributed by atoms with van der Waals surface area (Å²) in [5.41, 5.74) is 6.91. The average Bonchev–Trinajstić information content (AvgIpc) is 2.87. The monoisotopic (exact) mass is 280 g/mol.